The van der Waals surface area contributed by atoms with Gasteiger partial charge in [0.1, 0.15) is 12.1 Å². The van der Waals surface area contributed by atoms with Gasteiger partial charge in [-0.15, -0.1) is 0 Å². The Bertz CT molecular complexity index is 840. The summed E-state index contributed by atoms with van der Waals surface area (Å²) in [5, 5.41) is 24.1. The standard InChI is InChI=1S/C20H24N4O5/c1-12(2)9-16(19(26)27)24-17(20(28)29)10-14-3-4-15(11-22-14)23-18(25)13-5-7-21-8-6-13/h3-8,11-12,16-17,24H,9-10H2,1-2H3,(H,23,25)(H,26,27)(H,28,29). The van der Waals surface area contributed by atoms with Crippen molar-refractivity contribution in [1.29, 1.82) is 0 Å². The van der Waals surface area contributed by atoms with Gasteiger partial charge in [0.25, 0.3) is 5.91 Å². The van der Waals surface area contributed by atoms with Crippen molar-refractivity contribution in [2.24, 2.45) is 5.92 Å². The lowest BCUT2D eigenvalue weighted by molar-refractivity contribution is -0.142. The topological polar surface area (TPSA) is 142 Å². The first-order valence-electron chi connectivity index (χ1n) is 9.14. The van der Waals surface area contributed by atoms with Crippen molar-refractivity contribution in [3.63, 3.8) is 0 Å². The van der Waals surface area contributed by atoms with Gasteiger partial charge in [0, 0.05) is 30.1 Å². The Morgan fingerprint density at radius 2 is 1.66 bits per heavy atom. The van der Waals surface area contributed by atoms with Crippen LogP contribution in [0.5, 0.6) is 0 Å². The third kappa shape index (κ3) is 6.96. The summed E-state index contributed by atoms with van der Waals surface area (Å²) in [6.45, 7) is 3.74. The maximum absolute atomic E-state index is 12.1. The van der Waals surface area contributed by atoms with Crippen LogP contribution in [0.25, 0.3) is 0 Å². The molecule has 4 N–H and O–H groups in total. The molecule has 2 atom stereocenters. The van der Waals surface area contributed by atoms with Crippen LogP contribution in [0.15, 0.2) is 42.9 Å². The second-order valence-corrected chi connectivity index (χ2v) is 7.01. The molecule has 2 aromatic heterocycles. The lowest BCUT2D eigenvalue weighted by atomic mass is 10.0. The van der Waals surface area contributed by atoms with Crippen LogP contribution in [0.2, 0.25) is 0 Å². The van der Waals surface area contributed by atoms with Gasteiger partial charge in [0.15, 0.2) is 0 Å². The number of carbonyl (C=O) groups excluding carboxylic acids is 1. The molecule has 29 heavy (non-hydrogen) atoms. The molecular formula is C20H24N4O5. The van der Waals surface area contributed by atoms with E-state index in [4.69, 9.17) is 0 Å². The van der Waals surface area contributed by atoms with E-state index in [-0.39, 0.29) is 18.2 Å². The van der Waals surface area contributed by atoms with E-state index >= 15 is 0 Å². The van der Waals surface area contributed by atoms with E-state index in [1.54, 1.807) is 24.3 Å². The SMILES string of the molecule is CC(C)CC(NC(Cc1ccc(NC(=O)c2ccncc2)cn1)C(=O)O)C(=O)O. The van der Waals surface area contributed by atoms with Gasteiger partial charge < -0.3 is 15.5 Å². The van der Waals surface area contributed by atoms with Crippen molar-refractivity contribution >= 4 is 23.5 Å². The zero-order valence-electron chi connectivity index (χ0n) is 16.2. The number of amides is 1. The number of aromatic nitrogens is 2. The van der Waals surface area contributed by atoms with E-state index in [9.17, 15) is 24.6 Å². The molecule has 0 aromatic carbocycles. The fourth-order valence-electron chi connectivity index (χ4n) is 2.71. The molecule has 9 nitrogen and oxygen atoms in total. The highest BCUT2D eigenvalue weighted by molar-refractivity contribution is 6.04. The van der Waals surface area contributed by atoms with Crippen molar-refractivity contribution in [2.45, 2.75) is 38.8 Å². The number of aliphatic carboxylic acids is 2. The summed E-state index contributed by atoms with van der Waals surface area (Å²) in [7, 11) is 0. The van der Waals surface area contributed by atoms with Gasteiger partial charge in [-0.2, -0.15) is 0 Å². The molecule has 0 fully saturated rings. The Hall–Kier alpha value is -3.33. The van der Waals surface area contributed by atoms with Crippen molar-refractivity contribution in [2.75, 3.05) is 5.32 Å². The summed E-state index contributed by atoms with van der Waals surface area (Å²) >= 11 is 0. The zero-order chi connectivity index (χ0) is 21.4. The van der Waals surface area contributed by atoms with E-state index in [1.165, 1.54) is 18.6 Å². The minimum absolute atomic E-state index is 0.00971. The second-order valence-electron chi connectivity index (χ2n) is 7.01. The van der Waals surface area contributed by atoms with Crippen LogP contribution in [0.3, 0.4) is 0 Å². The molecule has 0 aliphatic carbocycles. The summed E-state index contributed by atoms with van der Waals surface area (Å²) in [6, 6.07) is 4.31. The van der Waals surface area contributed by atoms with Crippen molar-refractivity contribution in [1.82, 2.24) is 15.3 Å². The fraction of sp³-hybridized carbons (Fsp3) is 0.350. The number of nitrogens with zero attached hydrogens (tertiary/aromatic N) is 2. The lowest BCUT2D eigenvalue weighted by Gasteiger charge is -2.21. The predicted octanol–water partition coefficient (Wildman–Crippen LogP) is 1.81. The van der Waals surface area contributed by atoms with Gasteiger partial charge in [-0.1, -0.05) is 13.8 Å². The predicted molar refractivity (Wildman–Crippen MR) is 106 cm³/mol. The van der Waals surface area contributed by atoms with Crippen molar-refractivity contribution < 1.29 is 24.6 Å². The van der Waals surface area contributed by atoms with Gasteiger partial charge in [0.2, 0.25) is 0 Å². The molecule has 0 saturated carbocycles. The molecule has 0 radical (unpaired) electrons. The number of carbonyl (C=O) groups is 3. The molecule has 0 bridgehead atoms. The second kappa shape index (κ2) is 10.3. The normalized spacial score (nSPS) is 12.9. The maximum Gasteiger partial charge on any atom is 0.321 e. The molecular weight excluding hydrogens is 376 g/mol. The summed E-state index contributed by atoms with van der Waals surface area (Å²) in [4.78, 5) is 43.1. The van der Waals surface area contributed by atoms with Crippen LogP contribution in [0.4, 0.5) is 5.69 Å². The Morgan fingerprint density at radius 1 is 1.00 bits per heavy atom. The highest BCUT2D eigenvalue weighted by Crippen LogP contribution is 2.12. The van der Waals surface area contributed by atoms with Gasteiger partial charge in [-0.05, 0) is 36.6 Å². The monoisotopic (exact) mass is 400 g/mol. The Balaban J connectivity index is 2.02. The van der Waals surface area contributed by atoms with Crippen LogP contribution >= 0.6 is 0 Å². The van der Waals surface area contributed by atoms with Crippen molar-refractivity contribution in [3.05, 3.63) is 54.1 Å². The van der Waals surface area contributed by atoms with Crippen LogP contribution < -0.4 is 10.6 Å². The largest absolute Gasteiger partial charge is 0.480 e. The molecule has 1 amide bonds. The molecule has 0 spiro atoms. The quantitative estimate of drug-likeness (QED) is 0.473. The molecule has 0 aliphatic heterocycles. The van der Waals surface area contributed by atoms with Gasteiger partial charge in [-0.25, -0.2) is 0 Å². The van der Waals surface area contributed by atoms with E-state index < -0.39 is 24.0 Å². The first-order chi connectivity index (χ1) is 13.8. The van der Waals surface area contributed by atoms with E-state index in [2.05, 4.69) is 20.6 Å². The summed E-state index contributed by atoms with van der Waals surface area (Å²) in [6.07, 6.45) is 4.77. The molecule has 2 rings (SSSR count). The molecule has 2 aromatic rings. The number of nitrogens with one attached hydrogen (secondary N) is 2. The average Bonchev–Trinajstić information content (AvgIpc) is 2.68. The first-order valence-corrected chi connectivity index (χ1v) is 9.14. The molecule has 0 aliphatic rings. The molecule has 2 heterocycles. The summed E-state index contributed by atoms with van der Waals surface area (Å²) in [5.41, 5.74) is 1.36. The van der Waals surface area contributed by atoms with E-state index in [0.717, 1.165) is 0 Å². The highest BCUT2D eigenvalue weighted by Gasteiger charge is 2.27. The first kappa shape index (κ1) is 22.0. The number of hydrogen-bond acceptors (Lipinski definition) is 6. The summed E-state index contributed by atoms with van der Waals surface area (Å²) in [5.74, 6) is -2.46. The van der Waals surface area contributed by atoms with Crippen molar-refractivity contribution in [3.8, 4) is 0 Å². The molecule has 9 heteroatoms. The Kier molecular flexibility index (Phi) is 7.79. The number of pyridine rings is 2. The number of carboxylic acids is 2. The van der Waals surface area contributed by atoms with Crippen LogP contribution in [-0.2, 0) is 16.0 Å². The minimum atomic E-state index is -1.16. The van der Waals surface area contributed by atoms with Gasteiger partial charge in [0.05, 0.1) is 11.9 Å². The smallest absolute Gasteiger partial charge is 0.321 e. The minimum Gasteiger partial charge on any atom is -0.480 e. The molecule has 0 saturated heterocycles. The molecule has 2 unspecified atom stereocenters. The van der Waals surface area contributed by atoms with Crippen LogP contribution in [0, 0.1) is 5.92 Å². The lowest BCUT2D eigenvalue weighted by Crippen LogP contribution is -2.48. The van der Waals surface area contributed by atoms with E-state index in [0.29, 0.717) is 23.4 Å². The third-order valence-corrected chi connectivity index (χ3v) is 4.14. The van der Waals surface area contributed by atoms with Crippen LogP contribution in [0.1, 0.15) is 36.3 Å². The number of anilines is 1. The molecule has 154 valence electrons. The van der Waals surface area contributed by atoms with E-state index in [1.807, 2.05) is 13.8 Å². The maximum atomic E-state index is 12.1. The summed E-state index contributed by atoms with van der Waals surface area (Å²) < 4.78 is 0. The Labute approximate surface area is 168 Å². The van der Waals surface area contributed by atoms with Crippen LogP contribution in [-0.4, -0.2) is 50.1 Å². The Morgan fingerprint density at radius 3 is 2.17 bits per heavy atom. The van der Waals surface area contributed by atoms with Gasteiger partial charge in [-0.3, -0.25) is 29.7 Å². The number of carboxylic acid groups (broad SMARTS) is 2. The number of hydrogen-bond donors (Lipinski definition) is 4. The zero-order valence-corrected chi connectivity index (χ0v) is 16.2. The third-order valence-electron chi connectivity index (χ3n) is 4.14. The number of rotatable bonds is 10. The highest BCUT2D eigenvalue weighted by atomic mass is 16.4. The van der Waals surface area contributed by atoms with Gasteiger partial charge >= 0.3 is 11.9 Å². The fourth-order valence-corrected chi connectivity index (χ4v) is 2.71. The average molecular weight is 400 g/mol.